The van der Waals surface area contributed by atoms with E-state index >= 15 is 0 Å². The van der Waals surface area contributed by atoms with E-state index in [1.54, 1.807) is 11.3 Å². The summed E-state index contributed by atoms with van der Waals surface area (Å²) in [6.45, 7) is 1.43. The third kappa shape index (κ3) is 5.68. The van der Waals surface area contributed by atoms with Crippen LogP contribution in [0.5, 0.6) is 5.75 Å². The predicted octanol–water partition coefficient (Wildman–Crippen LogP) is 4.45. The highest BCUT2D eigenvalue weighted by Crippen LogP contribution is 2.27. The summed E-state index contributed by atoms with van der Waals surface area (Å²) in [5.74, 6) is 0.508. The number of hydrogen-bond acceptors (Lipinski definition) is 4. The molecule has 0 aliphatic heterocycles. The molecule has 3 rings (SSSR count). The molecule has 3 aromatic rings. The van der Waals surface area contributed by atoms with Gasteiger partial charge in [0, 0.05) is 17.8 Å². The molecule has 1 heterocycles. The maximum absolute atomic E-state index is 12.7. The maximum Gasteiger partial charge on any atom is 0.255 e. The molecule has 0 saturated heterocycles. The molecular weight excluding hydrogens is 368 g/mol. The molecule has 1 amide bonds. The fourth-order valence-corrected chi connectivity index (χ4v) is 3.71. The summed E-state index contributed by atoms with van der Waals surface area (Å²) in [6.07, 6.45) is 1.53. The van der Waals surface area contributed by atoms with Crippen LogP contribution in [0.1, 0.15) is 33.3 Å². The lowest BCUT2D eigenvalue weighted by atomic mass is 10.1. The summed E-state index contributed by atoms with van der Waals surface area (Å²) in [6, 6.07) is 21.7. The highest BCUT2D eigenvalue weighted by molar-refractivity contribution is 7.09. The SMILES string of the molecule is CNCCC(Oc1ccccc1C(=O)NCCc1cccs1)c1ccccc1. The Morgan fingerprint density at radius 3 is 2.54 bits per heavy atom. The average Bonchev–Trinajstić information content (AvgIpc) is 3.25. The van der Waals surface area contributed by atoms with Crippen molar-refractivity contribution in [1.82, 2.24) is 10.6 Å². The Kier molecular flexibility index (Phi) is 7.64. The van der Waals surface area contributed by atoms with E-state index in [4.69, 9.17) is 4.74 Å². The Labute approximate surface area is 170 Å². The van der Waals surface area contributed by atoms with Gasteiger partial charge in [-0.3, -0.25) is 4.79 Å². The smallest absolute Gasteiger partial charge is 0.255 e. The number of hydrogen-bond donors (Lipinski definition) is 2. The van der Waals surface area contributed by atoms with Crippen LogP contribution in [0.15, 0.2) is 72.1 Å². The Morgan fingerprint density at radius 2 is 1.79 bits per heavy atom. The minimum atomic E-state index is -0.117. The summed E-state index contributed by atoms with van der Waals surface area (Å²) < 4.78 is 6.31. The van der Waals surface area contributed by atoms with Crippen molar-refractivity contribution >= 4 is 17.2 Å². The van der Waals surface area contributed by atoms with Crippen LogP contribution in [-0.4, -0.2) is 26.0 Å². The van der Waals surface area contributed by atoms with Crippen LogP contribution in [0.2, 0.25) is 0 Å². The molecule has 28 heavy (non-hydrogen) atoms. The first-order valence-electron chi connectivity index (χ1n) is 9.53. The van der Waals surface area contributed by atoms with Crippen molar-refractivity contribution in [2.24, 2.45) is 0 Å². The third-order valence-corrected chi connectivity index (χ3v) is 5.40. The number of benzene rings is 2. The van der Waals surface area contributed by atoms with E-state index in [0.29, 0.717) is 17.9 Å². The number of rotatable bonds is 10. The summed E-state index contributed by atoms with van der Waals surface area (Å²) >= 11 is 1.71. The Hall–Kier alpha value is -2.63. The fraction of sp³-hybridized carbons (Fsp3) is 0.261. The molecule has 0 saturated carbocycles. The molecule has 2 aromatic carbocycles. The highest BCUT2D eigenvalue weighted by Gasteiger charge is 2.17. The van der Waals surface area contributed by atoms with E-state index in [0.717, 1.165) is 24.9 Å². The number of para-hydroxylation sites is 1. The molecule has 0 fully saturated rings. The van der Waals surface area contributed by atoms with Crippen molar-refractivity contribution in [2.75, 3.05) is 20.1 Å². The standard InChI is InChI=1S/C23H26N2O2S/c1-24-15-14-21(18-8-3-2-4-9-18)27-22-12-6-5-11-20(22)23(26)25-16-13-19-10-7-17-28-19/h2-12,17,21,24H,13-16H2,1H3,(H,25,26). The van der Waals surface area contributed by atoms with Crippen LogP contribution in [0.25, 0.3) is 0 Å². The predicted molar refractivity (Wildman–Crippen MR) is 115 cm³/mol. The first-order chi connectivity index (χ1) is 13.8. The maximum atomic E-state index is 12.7. The van der Waals surface area contributed by atoms with Crippen LogP contribution in [-0.2, 0) is 6.42 Å². The zero-order chi connectivity index (χ0) is 19.6. The Balaban J connectivity index is 1.69. The van der Waals surface area contributed by atoms with Crippen molar-refractivity contribution in [2.45, 2.75) is 18.9 Å². The summed E-state index contributed by atoms with van der Waals surface area (Å²) in [5, 5.41) is 8.23. The molecule has 4 nitrogen and oxygen atoms in total. The van der Waals surface area contributed by atoms with Gasteiger partial charge in [-0.1, -0.05) is 48.5 Å². The van der Waals surface area contributed by atoms with E-state index in [-0.39, 0.29) is 12.0 Å². The normalized spacial score (nSPS) is 11.8. The lowest BCUT2D eigenvalue weighted by Gasteiger charge is -2.21. The Bertz CT molecular complexity index is 850. The number of nitrogens with one attached hydrogen (secondary N) is 2. The number of carbonyl (C=O) groups is 1. The van der Waals surface area contributed by atoms with Crippen molar-refractivity contribution in [3.8, 4) is 5.75 Å². The zero-order valence-electron chi connectivity index (χ0n) is 16.1. The number of carbonyl (C=O) groups excluding carboxylic acids is 1. The number of thiophene rings is 1. The molecule has 0 radical (unpaired) electrons. The minimum absolute atomic E-state index is 0.104. The van der Waals surface area contributed by atoms with Gasteiger partial charge in [-0.05, 0) is 49.2 Å². The molecular formula is C23H26N2O2S. The second kappa shape index (κ2) is 10.6. The summed E-state index contributed by atoms with van der Waals surface area (Å²) in [4.78, 5) is 14.0. The molecule has 146 valence electrons. The van der Waals surface area contributed by atoms with Crippen molar-refractivity contribution in [1.29, 1.82) is 0 Å². The van der Waals surface area contributed by atoms with Gasteiger partial charge in [-0.2, -0.15) is 0 Å². The van der Waals surface area contributed by atoms with Crippen LogP contribution in [0, 0.1) is 0 Å². The summed E-state index contributed by atoms with van der Waals surface area (Å²) in [7, 11) is 1.93. The second-order valence-electron chi connectivity index (χ2n) is 6.49. The van der Waals surface area contributed by atoms with E-state index in [2.05, 4.69) is 34.2 Å². The molecule has 5 heteroatoms. The number of ether oxygens (including phenoxy) is 1. The quantitative estimate of drug-likeness (QED) is 0.534. The van der Waals surface area contributed by atoms with E-state index in [9.17, 15) is 4.79 Å². The molecule has 0 aliphatic rings. The van der Waals surface area contributed by atoms with Gasteiger partial charge in [0.05, 0.1) is 5.56 Å². The van der Waals surface area contributed by atoms with Gasteiger partial charge in [0.1, 0.15) is 11.9 Å². The molecule has 0 aliphatic carbocycles. The third-order valence-electron chi connectivity index (χ3n) is 4.47. The second-order valence-corrected chi connectivity index (χ2v) is 7.52. The van der Waals surface area contributed by atoms with E-state index in [1.807, 2.05) is 55.6 Å². The van der Waals surface area contributed by atoms with Crippen LogP contribution >= 0.6 is 11.3 Å². The van der Waals surface area contributed by atoms with Crippen molar-refractivity contribution in [3.63, 3.8) is 0 Å². The highest BCUT2D eigenvalue weighted by atomic mass is 32.1. The van der Waals surface area contributed by atoms with Crippen molar-refractivity contribution in [3.05, 3.63) is 88.1 Å². The van der Waals surface area contributed by atoms with Gasteiger partial charge in [-0.15, -0.1) is 11.3 Å². The molecule has 1 aromatic heterocycles. The zero-order valence-corrected chi connectivity index (χ0v) is 16.9. The van der Waals surface area contributed by atoms with Crippen LogP contribution < -0.4 is 15.4 Å². The molecule has 1 unspecified atom stereocenters. The van der Waals surface area contributed by atoms with Crippen molar-refractivity contribution < 1.29 is 9.53 Å². The fourth-order valence-electron chi connectivity index (χ4n) is 3.00. The monoisotopic (exact) mass is 394 g/mol. The van der Waals surface area contributed by atoms with Gasteiger partial charge in [0.2, 0.25) is 0 Å². The van der Waals surface area contributed by atoms with E-state index < -0.39 is 0 Å². The first kappa shape index (κ1) is 20.1. The molecule has 0 spiro atoms. The largest absolute Gasteiger partial charge is 0.485 e. The van der Waals surface area contributed by atoms with Gasteiger partial charge in [0.15, 0.2) is 0 Å². The minimum Gasteiger partial charge on any atom is -0.485 e. The van der Waals surface area contributed by atoms with Crippen LogP contribution in [0.4, 0.5) is 0 Å². The molecule has 2 N–H and O–H groups in total. The summed E-state index contributed by atoms with van der Waals surface area (Å²) in [5.41, 5.74) is 1.67. The Morgan fingerprint density at radius 1 is 1.00 bits per heavy atom. The van der Waals surface area contributed by atoms with Crippen LogP contribution in [0.3, 0.4) is 0 Å². The average molecular weight is 395 g/mol. The topological polar surface area (TPSA) is 50.4 Å². The number of amides is 1. The lowest BCUT2D eigenvalue weighted by Crippen LogP contribution is -2.26. The molecule has 0 bridgehead atoms. The van der Waals surface area contributed by atoms with Gasteiger partial charge >= 0.3 is 0 Å². The van der Waals surface area contributed by atoms with Gasteiger partial charge in [0.25, 0.3) is 5.91 Å². The van der Waals surface area contributed by atoms with Gasteiger partial charge < -0.3 is 15.4 Å². The van der Waals surface area contributed by atoms with Gasteiger partial charge in [-0.25, -0.2) is 0 Å². The first-order valence-corrected chi connectivity index (χ1v) is 10.4. The van der Waals surface area contributed by atoms with E-state index in [1.165, 1.54) is 4.88 Å². The molecule has 1 atom stereocenters. The lowest BCUT2D eigenvalue weighted by molar-refractivity contribution is 0.0946.